The van der Waals surface area contributed by atoms with Gasteiger partial charge in [0.25, 0.3) is 0 Å². The maximum Gasteiger partial charge on any atom is 0.247 e. The van der Waals surface area contributed by atoms with E-state index in [-0.39, 0.29) is 18.0 Å². The van der Waals surface area contributed by atoms with Gasteiger partial charge in [-0.25, -0.2) is 0 Å². The Morgan fingerprint density at radius 2 is 1.72 bits per heavy atom. The van der Waals surface area contributed by atoms with Crippen LogP contribution in [0.25, 0.3) is 0 Å². The fourth-order valence-electron chi connectivity index (χ4n) is 4.83. The standard InChI is InChI=1S/C25H32N2O2/c1-29-22-16-14-20(15-17-22)24-23(25(28)27(24)21-12-6-3-7-13-21)26-18-8-11-19-9-4-2-5-10-19/h3,6-7,12-17,19,23-24,26H,2,4-5,8-11,18H2,1H3. The SMILES string of the molecule is COc1ccc(C2C(NCCCC3CCCCC3)C(=O)N2c2ccccc2)cc1. The zero-order chi connectivity index (χ0) is 20.1. The van der Waals surface area contributed by atoms with Crippen molar-refractivity contribution in [2.45, 2.75) is 57.0 Å². The van der Waals surface area contributed by atoms with Crippen molar-refractivity contribution in [1.82, 2.24) is 5.32 Å². The number of anilines is 1. The van der Waals surface area contributed by atoms with Gasteiger partial charge >= 0.3 is 0 Å². The van der Waals surface area contributed by atoms with Crippen molar-refractivity contribution in [1.29, 1.82) is 0 Å². The van der Waals surface area contributed by atoms with Gasteiger partial charge in [0, 0.05) is 5.69 Å². The zero-order valence-corrected chi connectivity index (χ0v) is 17.3. The van der Waals surface area contributed by atoms with Crippen LogP contribution in [0.1, 0.15) is 56.6 Å². The molecule has 1 saturated carbocycles. The summed E-state index contributed by atoms with van der Waals surface area (Å²) in [6.07, 6.45) is 9.40. The minimum atomic E-state index is -0.157. The molecule has 2 aromatic rings. The fourth-order valence-corrected chi connectivity index (χ4v) is 4.83. The third kappa shape index (κ3) is 4.48. The van der Waals surface area contributed by atoms with E-state index in [1.807, 2.05) is 47.4 Å². The first-order valence-corrected chi connectivity index (χ1v) is 11.0. The molecule has 2 unspecified atom stereocenters. The second-order valence-electron chi connectivity index (χ2n) is 8.34. The smallest absolute Gasteiger partial charge is 0.247 e. The molecular formula is C25H32N2O2. The molecule has 1 heterocycles. The molecule has 2 atom stereocenters. The first-order chi connectivity index (χ1) is 14.3. The average Bonchev–Trinajstić information content (AvgIpc) is 2.78. The van der Waals surface area contributed by atoms with Crippen LogP contribution >= 0.6 is 0 Å². The molecule has 0 aromatic heterocycles. The van der Waals surface area contributed by atoms with E-state index in [2.05, 4.69) is 17.4 Å². The highest BCUT2D eigenvalue weighted by molar-refractivity contribution is 6.05. The second kappa shape index (κ2) is 9.45. The number of nitrogens with zero attached hydrogens (tertiary/aromatic N) is 1. The Balaban J connectivity index is 1.42. The topological polar surface area (TPSA) is 41.6 Å². The Labute approximate surface area is 174 Å². The Bertz CT molecular complexity index is 784. The van der Waals surface area contributed by atoms with Crippen LogP contribution in [0, 0.1) is 5.92 Å². The maximum atomic E-state index is 13.0. The third-order valence-corrected chi connectivity index (χ3v) is 6.47. The quantitative estimate of drug-likeness (QED) is 0.502. The van der Waals surface area contributed by atoms with Crippen LogP contribution in [0.2, 0.25) is 0 Å². The van der Waals surface area contributed by atoms with Gasteiger partial charge in [-0.3, -0.25) is 4.79 Å². The molecule has 0 bridgehead atoms. The molecule has 2 fully saturated rings. The van der Waals surface area contributed by atoms with Gasteiger partial charge in [0.2, 0.25) is 5.91 Å². The van der Waals surface area contributed by atoms with Crippen LogP contribution in [0.4, 0.5) is 5.69 Å². The molecule has 4 heteroatoms. The minimum Gasteiger partial charge on any atom is -0.497 e. The van der Waals surface area contributed by atoms with Crippen molar-refractivity contribution in [3.8, 4) is 5.75 Å². The summed E-state index contributed by atoms with van der Waals surface area (Å²) in [6.45, 7) is 0.905. The number of hydrogen-bond donors (Lipinski definition) is 1. The van der Waals surface area contributed by atoms with Gasteiger partial charge in [0.1, 0.15) is 11.8 Å². The number of ether oxygens (including phenoxy) is 1. The first-order valence-electron chi connectivity index (χ1n) is 11.0. The predicted molar refractivity (Wildman–Crippen MR) is 117 cm³/mol. The maximum absolute atomic E-state index is 13.0. The zero-order valence-electron chi connectivity index (χ0n) is 17.3. The highest BCUT2D eigenvalue weighted by Gasteiger charge is 2.48. The molecular weight excluding hydrogens is 360 g/mol. The number of para-hydroxylation sites is 1. The van der Waals surface area contributed by atoms with Gasteiger partial charge < -0.3 is 15.0 Å². The lowest BCUT2D eigenvalue weighted by molar-refractivity contribution is -0.127. The molecule has 29 heavy (non-hydrogen) atoms. The van der Waals surface area contributed by atoms with Gasteiger partial charge in [-0.15, -0.1) is 0 Å². The molecule has 1 amide bonds. The largest absolute Gasteiger partial charge is 0.497 e. The molecule has 2 aliphatic rings. The highest BCUT2D eigenvalue weighted by atomic mass is 16.5. The predicted octanol–water partition coefficient (Wildman–Crippen LogP) is 5.10. The van der Waals surface area contributed by atoms with Crippen molar-refractivity contribution < 1.29 is 9.53 Å². The molecule has 0 spiro atoms. The number of β-lactam (4-membered cyclic amide) rings is 1. The molecule has 4 rings (SSSR count). The molecule has 1 aliphatic heterocycles. The lowest BCUT2D eigenvalue weighted by Gasteiger charge is -2.47. The van der Waals surface area contributed by atoms with Gasteiger partial charge in [0.15, 0.2) is 0 Å². The Morgan fingerprint density at radius 1 is 1.00 bits per heavy atom. The summed E-state index contributed by atoms with van der Waals surface area (Å²) < 4.78 is 5.30. The van der Waals surface area contributed by atoms with Gasteiger partial charge in [-0.05, 0) is 55.1 Å². The van der Waals surface area contributed by atoms with Crippen LogP contribution in [0.15, 0.2) is 54.6 Å². The minimum absolute atomic E-state index is 0.0190. The number of hydrogen-bond acceptors (Lipinski definition) is 3. The van der Waals surface area contributed by atoms with Gasteiger partial charge in [0.05, 0.1) is 13.2 Å². The molecule has 4 nitrogen and oxygen atoms in total. The molecule has 1 saturated heterocycles. The summed E-state index contributed by atoms with van der Waals surface area (Å²) in [4.78, 5) is 14.9. The van der Waals surface area contributed by atoms with E-state index >= 15 is 0 Å². The first kappa shape index (κ1) is 20.0. The molecule has 154 valence electrons. The van der Waals surface area contributed by atoms with Crippen LogP contribution in [0.5, 0.6) is 5.75 Å². The number of carbonyl (C=O) groups is 1. The van der Waals surface area contributed by atoms with E-state index in [0.717, 1.165) is 35.9 Å². The number of benzene rings is 2. The number of methoxy groups -OCH3 is 1. The van der Waals surface area contributed by atoms with Crippen molar-refractivity contribution in [2.75, 3.05) is 18.6 Å². The summed E-state index contributed by atoms with van der Waals surface area (Å²) in [5.74, 6) is 1.89. The second-order valence-corrected chi connectivity index (χ2v) is 8.34. The Hall–Kier alpha value is -2.33. The number of nitrogens with one attached hydrogen (secondary N) is 1. The lowest BCUT2D eigenvalue weighted by atomic mass is 9.85. The van der Waals surface area contributed by atoms with Crippen molar-refractivity contribution >= 4 is 11.6 Å². The van der Waals surface area contributed by atoms with Crippen LogP contribution in [-0.2, 0) is 4.79 Å². The van der Waals surface area contributed by atoms with E-state index in [1.165, 1.54) is 38.5 Å². The lowest BCUT2D eigenvalue weighted by Crippen LogP contribution is -2.65. The molecule has 1 N–H and O–H groups in total. The fraction of sp³-hybridized carbons (Fsp3) is 0.480. The van der Waals surface area contributed by atoms with E-state index in [4.69, 9.17) is 4.74 Å². The van der Waals surface area contributed by atoms with Crippen LogP contribution in [-0.4, -0.2) is 25.6 Å². The summed E-state index contributed by atoms with van der Waals surface area (Å²) >= 11 is 0. The highest BCUT2D eigenvalue weighted by Crippen LogP contribution is 2.39. The summed E-state index contributed by atoms with van der Waals surface area (Å²) in [5.41, 5.74) is 2.10. The molecule has 0 radical (unpaired) electrons. The van der Waals surface area contributed by atoms with Gasteiger partial charge in [-0.2, -0.15) is 0 Å². The van der Waals surface area contributed by atoms with Crippen molar-refractivity contribution in [3.05, 3.63) is 60.2 Å². The third-order valence-electron chi connectivity index (χ3n) is 6.47. The molecule has 2 aromatic carbocycles. The van der Waals surface area contributed by atoms with E-state index in [9.17, 15) is 4.79 Å². The van der Waals surface area contributed by atoms with E-state index in [1.54, 1.807) is 7.11 Å². The number of amides is 1. The summed E-state index contributed by atoms with van der Waals surface area (Å²) in [7, 11) is 1.68. The summed E-state index contributed by atoms with van der Waals surface area (Å²) in [5, 5.41) is 3.56. The van der Waals surface area contributed by atoms with Crippen molar-refractivity contribution in [3.63, 3.8) is 0 Å². The van der Waals surface area contributed by atoms with Gasteiger partial charge in [-0.1, -0.05) is 62.4 Å². The van der Waals surface area contributed by atoms with Crippen LogP contribution < -0.4 is 15.0 Å². The number of rotatable bonds is 8. The normalized spacial score (nSPS) is 22.4. The van der Waals surface area contributed by atoms with E-state index < -0.39 is 0 Å². The Morgan fingerprint density at radius 3 is 2.41 bits per heavy atom. The molecule has 1 aliphatic carbocycles. The van der Waals surface area contributed by atoms with Crippen LogP contribution in [0.3, 0.4) is 0 Å². The number of carbonyl (C=O) groups excluding carboxylic acids is 1. The monoisotopic (exact) mass is 392 g/mol. The van der Waals surface area contributed by atoms with Crippen molar-refractivity contribution in [2.24, 2.45) is 5.92 Å². The summed E-state index contributed by atoms with van der Waals surface area (Å²) in [6, 6.07) is 17.9. The Kier molecular flexibility index (Phi) is 6.50. The van der Waals surface area contributed by atoms with E-state index in [0.29, 0.717) is 0 Å². The average molecular weight is 393 g/mol.